The first-order chi connectivity index (χ1) is 16.5. The smallest absolute Gasteiger partial charge is 0.343 e. The highest BCUT2D eigenvalue weighted by atomic mass is 35.5. The van der Waals surface area contributed by atoms with Gasteiger partial charge in [-0.05, 0) is 30.4 Å². The number of allylic oxidation sites excluding steroid dienone is 2. The monoisotopic (exact) mass is 467 g/mol. The molecule has 0 spiro atoms. The molecule has 0 N–H and O–H groups in total. The molecule has 3 aromatic rings. The predicted octanol–water partition coefficient (Wildman–Crippen LogP) is 5.21. The summed E-state index contributed by atoms with van der Waals surface area (Å²) in [5, 5.41) is 0.487. The average molecular weight is 468 g/mol. The van der Waals surface area contributed by atoms with Crippen molar-refractivity contribution in [1.29, 1.82) is 0 Å². The molecule has 164 valence electrons. The largest absolute Gasteiger partial charge is 0.477 e. The Morgan fingerprint density at radius 2 is 1.59 bits per heavy atom. The van der Waals surface area contributed by atoms with Crippen molar-refractivity contribution >= 4 is 40.5 Å². The van der Waals surface area contributed by atoms with Gasteiger partial charge < -0.3 is 9.47 Å². The molecule has 7 heteroatoms. The lowest BCUT2D eigenvalue weighted by molar-refractivity contribution is 0.0731. The lowest BCUT2D eigenvalue weighted by Crippen LogP contribution is -2.30. The van der Waals surface area contributed by atoms with Crippen LogP contribution in [-0.2, 0) is 0 Å². The molecule has 1 unspecified atom stereocenters. The Morgan fingerprint density at radius 3 is 2.32 bits per heavy atom. The van der Waals surface area contributed by atoms with E-state index in [0.717, 1.165) is 0 Å². The number of ketones is 2. The first-order valence-electron chi connectivity index (χ1n) is 10.5. The minimum absolute atomic E-state index is 0.00788. The third-order valence-corrected chi connectivity index (χ3v) is 6.07. The lowest BCUT2D eigenvalue weighted by atomic mass is 9.82. The van der Waals surface area contributed by atoms with Gasteiger partial charge >= 0.3 is 5.97 Å². The molecule has 0 amide bonds. The first-order valence-corrected chi connectivity index (χ1v) is 10.9. The summed E-state index contributed by atoms with van der Waals surface area (Å²) in [7, 11) is 0. The van der Waals surface area contributed by atoms with Crippen LogP contribution in [0.1, 0.15) is 42.2 Å². The Balaban J connectivity index is 1.57. The van der Waals surface area contributed by atoms with Gasteiger partial charge in [0.15, 0.2) is 23.4 Å². The third-order valence-electron chi connectivity index (χ3n) is 5.82. The molecule has 3 aromatic carbocycles. The van der Waals surface area contributed by atoms with E-state index in [2.05, 4.69) is 4.99 Å². The van der Waals surface area contributed by atoms with Crippen LogP contribution >= 0.6 is 11.6 Å². The molecular weight excluding hydrogens is 454 g/mol. The average Bonchev–Trinajstić information content (AvgIpc) is 2.86. The molecule has 0 saturated carbocycles. The maximum absolute atomic E-state index is 13.6. The number of ether oxygens (including phenoxy) is 2. The maximum atomic E-state index is 13.6. The van der Waals surface area contributed by atoms with Gasteiger partial charge in [-0.1, -0.05) is 54.1 Å². The van der Waals surface area contributed by atoms with Crippen LogP contribution in [0.25, 0.3) is 0 Å². The Kier molecular flexibility index (Phi) is 4.57. The molecular formula is C27H14ClNO5. The van der Waals surface area contributed by atoms with Gasteiger partial charge in [0, 0.05) is 22.2 Å². The number of carbonyl (C=O) groups excluding carboxylic acids is 3. The number of carbonyl (C=O) groups is 3. The van der Waals surface area contributed by atoms with E-state index in [0.29, 0.717) is 16.3 Å². The number of esters is 1. The Labute approximate surface area is 198 Å². The van der Waals surface area contributed by atoms with Crippen LogP contribution in [0.15, 0.2) is 88.9 Å². The standard InChI is InChI=1S/C27H14ClNO5/c28-15-10-11-18-19(12-15)33-21-13-20(34-27(32)14-6-2-1-3-7-14)22-23(24(21)29-18)26(31)17-9-5-4-8-16(17)25(22)30/h1-13,19H. The number of rotatable bonds is 2. The highest BCUT2D eigenvalue weighted by Gasteiger charge is 2.39. The topological polar surface area (TPSA) is 82.0 Å². The van der Waals surface area contributed by atoms with Gasteiger partial charge in [-0.3, -0.25) is 9.59 Å². The number of hydrogen-bond donors (Lipinski definition) is 0. The molecule has 1 heterocycles. The molecule has 0 fully saturated rings. The summed E-state index contributed by atoms with van der Waals surface area (Å²) in [6, 6.07) is 16.4. The van der Waals surface area contributed by atoms with Crippen molar-refractivity contribution in [2.75, 3.05) is 0 Å². The van der Waals surface area contributed by atoms with Gasteiger partial charge in [-0.2, -0.15) is 0 Å². The fourth-order valence-electron chi connectivity index (χ4n) is 4.24. The van der Waals surface area contributed by atoms with Crippen molar-refractivity contribution < 1.29 is 23.9 Å². The summed E-state index contributed by atoms with van der Waals surface area (Å²) in [5.41, 5.74) is 1.63. The van der Waals surface area contributed by atoms with Gasteiger partial charge in [0.05, 0.1) is 22.4 Å². The van der Waals surface area contributed by atoms with Crippen LogP contribution in [0.3, 0.4) is 0 Å². The van der Waals surface area contributed by atoms with Crippen LogP contribution in [0.5, 0.6) is 11.5 Å². The normalized spacial score (nSPS) is 17.4. The van der Waals surface area contributed by atoms with Crippen molar-refractivity contribution in [3.05, 3.63) is 112 Å². The number of benzene rings is 3. The molecule has 3 aliphatic rings. The highest BCUT2D eigenvalue weighted by Crippen LogP contribution is 2.47. The first kappa shape index (κ1) is 20.3. The highest BCUT2D eigenvalue weighted by molar-refractivity contribution is 6.33. The van der Waals surface area contributed by atoms with Crippen molar-refractivity contribution in [3.8, 4) is 11.5 Å². The number of hydrogen-bond acceptors (Lipinski definition) is 6. The molecule has 0 saturated heterocycles. The Hall–Kier alpha value is -4.29. The molecule has 0 aromatic heterocycles. The molecule has 6 nitrogen and oxygen atoms in total. The Morgan fingerprint density at radius 1 is 0.912 bits per heavy atom. The molecule has 0 radical (unpaired) electrons. The molecule has 0 bridgehead atoms. The molecule has 34 heavy (non-hydrogen) atoms. The van der Waals surface area contributed by atoms with Crippen molar-refractivity contribution in [3.63, 3.8) is 0 Å². The van der Waals surface area contributed by atoms with Crippen LogP contribution in [-0.4, -0.2) is 29.4 Å². The van der Waals surface area contributed by atoms with Crippen LogP contribution in [0.2, 0.25) is 0 Å². The van der Waals surface area contributed by atoms with E-state index < -0.39 is 17.9 Å². The zero-order chi connectivity index (χ0) is 23.4. The van der Waals surface area contributed by atoms with Gasteiger partial charge in [-0.15, -0.1) is 0 Å². The minimum atomic E-state index is -0.662. The quantitative estimate of drug-likeness (QED) is 0.298. The van der Waals surface area contributed by atoms with E-state index >= 15 is 0 Å². The van der Waals surface area contributed by atoms with Gasteiger partial charge in [0.2, 0.25) is 0 Å². The summed E-state index contributed by atoms with van der Waals surface area (Å²) in [5.74, 6) is -1.31. The van der Waals surface area contributed by atoms with E-state index in [-0.39, 0.29) is 45.2 Å². The fourth-order valence-corrected chi connectivity index (χ4v) is 4.42. The second-order valence-corrected chi connectivity index (χ2v) is 8.33. The van der Waals surface area contributed by atoms with E-state index in [1.54, 1.807) is 72.8 Å². The summed E-state index contributed by atoms with van der Waals surface area (Å²) < 4.78 is 11.7. The zero-order valence-electron chi connectivity index (χ0n) is 17.4. The maximum Gasteiger partial charge on any atom is 0.343 e. The van der Waals surface area contributed by atoms with E-state index in [1.165, 1.54) is 6.07 Å². The SMILES string of the molecule is O=C(Oc1cc2c(c3c1C(=O)c1ccccc1C3=O)N=C1C=CC(Cl)=CC1O2)c1ccccc1. The van der Waals surface area contributed by atoms with E-state index in [9.17, 15) is 14.4 Å². The second-order valence-electron chi connectivity index (χ2n) is 7.89. The number of nitrogens with zero attached hydrogens (tertiary/aromatic N) is 1. The minimum Gasteiger partial charge on any atom is -0.477 e. The van der Waals surface area contributed by atoms with Crippen LogP contribution in [0, 0.1) is 0 Å². The van der Waals surface area contributed by atoms with Gasteiger partial charge in [0.25, 0.3) is 0 Å². The summed E-state index contributed by atoms with van der Waals surface area (Å²) in [4.78, 5) is 44.6. The second kappa shape index (κ2) is 7.64. The predicted molar refractivity (Wildman–Crippen MR) is 126 cm³/mol. The number of halogens is 1. The van der Waals surface area contributed by atoms with E-state index in [4.69, 9.17) is 21.1 Å². The summed E-state index contributed by atoms with van der Waals surface area (Å²) >= 11 is 6.12. The molecule has 1 atom stereocenters. The van der Waals surface area contributed by atoms with E-state index in [1.807, 2.05) is 0 Å². The van der Waals surface area contributed by atoms with Crippen LogP contribution < -0.4 is 9.47 Å². The fraction of sp³-hybridized carbons (Fsp3) is 0.0370. The Bertz CT molecular complexity index is 1520. The van der Waals surface area contributed by atoms with Gasteiger partial charge in [0.1, 0.15) is 11.4 Å². The molecule has 2 aliphatic carbocycles. The number of aliphatic imine (C=N–C) groups is 1. The van der Waals surface area contributed by atoms with Gasteiger partial charge in [-0.25, -0.2) is 9.79 Å². The van der Waals surface area contributed by atoms with Crippen molar-refractivity contribution in [1.82, 2.24) is 0 Å². The summed E-state index contributed by atoms with van der Waals surface area (Å²) in [6.45, 7) is 0. The number of fused-ring (bicyclic) bond motifs is 5. The van der Waals surface area contributed by atoms with Crippen molar-refractivity contribution in [2.45, 2.75) is 6.10 Å². The zero-order valence-corrected chi connectivity index (χ0v) is 18.2. The van der Waals surface area contributed by atoms with Crippen LogP contribution in [0.4, 0.5) is 5.69 Å². The third kappa shape index (κ3) is 3.11. The lowest BCUT2D eigenvalue weighted by Gasteiger charge is -2.29. The summed E-state index contributed by atoms with van der Waals surface area (Å²) in [6.07, 6.45) is 4.49. The van der Waals surface area contributed by atoms with Crippen molar-refractivity contribution in [2.24, 2.45) is 4.99 Å². The molecule has 1 aliphatic heterocycles. The molecule has 6 rings (SSSR count).